The second-order valence-electron chi connectivity index (χ2n) is 5.21. The average molecular weight is 242 g/mol. The summed E-state index contributed by atoms with van der Waals surface area (Å²) in [5.74, 6) is 0.0486. The van der Waals surface area contributed by atoms with Crippen molar-refractivity contribution in [1.82, 2.24) is 10.2 Å². The minimum atomic E-state index is -0.793. The second kappa shape index (κ2) is 4.92. The maximum Gasteiger partial charge on any atom is 0.243 e. The summed E-state index contributed by atoms with van der Waals surface area (Å²) in [6.07, 6.45) is 2.08. The molecule has 0 aromatic carbocycles. The van der Waals surface area contributed by atoms with Crippen LogP contribution in [0.4, 0.5) is 0 Å². The monoisotopic (exact) mass is 242 g/mol. The zero-order valence-corrected chi connectivity index (χ0v) is 10.4. The summed E-state index contributed by atoms with van der Waals surface area (Å²) in [5, 5.41) is 22.3. The van der Waals surface area contributed by atoms with Gasteiger partial charge in [-0.15, -0.1) is 0 Å². The third-order valence-corrected chi connectivity index (χ3v) is 3.88. The van der Waals surface area contributed by atoms with Crippen LogP contribution in [0.1, 0.15) is 32.6 Å². The van der Waals surface area contributed by atoms with E-state index in [2.05, 4.69) is 12.2 Å². The Hall–Kier alpha value is -0.650. The molecular formula is C12H22N2O3. The van der Waals surface area contributed by atoms with Gasteiger partial charge in [0.2, 0.25) is 5.91 Å². The Bertz CT molecular complexity index is 279. The van der Waals surface area contributed by atoms with Gasteiger partial charge in [0.1, 0.15) is 0 Å². The summed E-state index contributed by atoms with van der Waals surface area (Å²) in [4.78, 5) is 14.1. The highest BCUT2D eigenvalue weighted by Crippen LogP contribution is 2.28. The van der Waals surface area contributed by atoms with E-state index in [1.165, 1.54) is 0 Å². The molecule has 2 saturated heterocycles. The highest BCUT2D eigenvalue weighted by molar-refractivity contribution is 5.87. The molecular weight excluding hydrogens is 220 g/mol. The predicted octanol–water partition coefficient (Wildman–Crippen LogP) is -0.527. The van der Waals surface area contributed by atoms with Gasteiger partial charge >= 0.3 is 0 Å². The fourth-order valence-electron chi connectivity index (χ4n) is 2.97. The molecule has 2 heterocycles. The number of nitrogens with one attached hydrogen (secondary N) is 1. The minimum absolute atomic E-state index is 0.0486. The molecule has 5 heteroatoms. The molecule has 17 heavy (non-hydrogen) atoms. The topological polar surface area (TPSA) is 72.8 Å². The van der Waals surface area contributed by atoms with Crippen LogP contribution in [0.2, 0.25) is 0 Å². The molecule has 2 rings (SSSR count). The lowest BCUT2D eigenvalue weighted by atomic mass is 9.90. The van der Waals surface area contributed by atoms with Crippen LogP contribution < -0.4 is 5.32 Å². The molecule has 5 nitrogen and oxygen atoms in total. The lowest BCUT2D eigenvalue weighted by Gasteiger charge is -2.32. The van der Waals surface area contributed by atoms with Crippen molar-refractivity contribution in [2.45, 2.75) is 50.4 Å². The molecule has 0 bridgehead atoms. The first-order valence-electron chi connectivity index (χ1n) is 6.49. The molecule has 2 aliphatic heterocycles. The van der Waals surface area contributed by atoms with Crippen molar-refractivity contribution in [2.75, 3.05) is 19.6 Å². The molecule has 0 aliphatic carbocycles. The largest absolute Gasteiger partial charge is 0.388 e. The molecule has 0 radical (unpaired) electrons. The first-order chi connectivity index (χ1) is 8.09. The number of β-amino-alcohol motifs (C(OH)–C–C–N with tert-alkyl or cyclic N) is 2. The molecule has 1 amide bonds. The number of carbonyl (C=O) groups is 1. The lowest BCUT2D eigenvalue weighted by Crippen LogP contribution is -2.54. The summed E-state index contributed by atoms with van der Waals surface area (Å²) in [5.41, 5.74) is -0.446. The standard InChI is InChI=1S/C12H22N2O3/c1-2-4-12(5-3-6-13-12)11(17)14-7-9(15)10(16)8-14/h9-10,13,15-16H,2-8H2,1H3. The van der Waals surface area contributed by atoms with E-state index in [9.17, 15) is 15.0 Å². The molecule has 98 valence electrons. The minimum Gasteiger partial charge on any atom is -0.388 e. The van der Waals surface area contributed by atoms with Gasteiger partial charge in [-0.25, -0.2) is 0 Å². The highest BCUT2D eigenvalue weighted by atomic mass is 16.3. The van der Waals surface area contributed by atoms with Crippen molar-refractivity contribution < 1.29 is 15.0 Å². The van der Waals surface area contributed by atoms with Crippen LogP contribution in [0.25, 0.3) is 0 Å². The summed E-state index contributed by atoms with van der Waals surface area (Å²) in [6, 6.07) is 0. The fraction of sp³-hybridized carbons (Fsp3) is 0.917. The molecule has 3 atom stereocenters. The van der Waals surface area contributed by atoms with Gasteiger partial charge in [0.25, 0.3) is 0 Å². The Balaban J connectivity index is 2.07. The normalized spacial score (nSPS) is 37.7. The quantitative estimate of drug-likeness (QED) is 0.622. The van der Waals surface area contributed by atoms with E-state index in [0.717, 1.165) is 32.2 Å². The molecule has 0 saturated carbocycles. The molecule has 0 aromatic rings. The van der Waals surface area contributed by atoms with E-state index in [-0.39, 0.29) is 19.0 Å². The third kappa shape index (κ3) is 2.32. The molecule has 3 unspecified atom stereocenters. The molecule has 2 aliphatic rings. The van der Waals surface area contributed by atoms with Crippen LogP contribution in [-0.4, -0.2) is 58.4 Å². The Morgan fingerprint density at radius 3 is 2.53 bits per heavy atom. The average Bonchev–Trinajstić information content (AvgIpc) is 2.88. The number of amides is 1. The van der Waals surface area contributed by atoms with Gasteiger partial charge in [-0.2, -0.15) is 0 Å². The first kappa shape index (κ1) is 12.8. The lowest BCUT2D eigenvalue weighted by molar-refractivity contribution is -0.137. The number of aliphatic hydroxyl groups is 2. The maximum atomic E-state index is 12.5. The number of likely N-dealkylation sites (tertiary alicyclic amines) is 1. The van der Waals surface area contributed by atoms with Gasteiger partial charge in [0.15, 0.2) is 0 Å². The van der Waals surface area contributed by atoms with Crippen molar-refractivity contribution in [2.24, 2.45) is 0 Å². The number of carbonyl (C=O) groups excluding carboxylic acids is 1. The van der Waals surface area contributed by atoms with Gasteiger partial charge in [-0.3, -0.25) is 4.79 Å². The molecule has 0 aromatic heterocycles. The number of rotatable bonds is 3. The van der Waals surface area contributed by atoms with E-state index in [1.807, 2.05) is 0 Å². The van der Waals surface area contributed by atoms with Crippen molar-refractivity contribution in [1.29, 1.82) is 0 Å². The van der Waals surface area contributed by atoms with E-state index in [4.69, 9.17) is 0 Å². The van der Waals surface area contributed by atoms with Crippen molar-refractivity contribution >= 4 is 5.91 Å². The maximum absolute atomic E-state index is 12.5. The summed E-state index contributed by atoms with van der Waals surface area (Å²) < 4.78 is 0. The van der Waals surface area contributed by atoms with E-state index in [0.29, 0.717) is 0 Å². The predicted molar refractivity (Wildman–Crippen MR) is 63.5 cm³/mol. The smallest absolute Gasteiger partial charge is 0.243 e. The van der Waals surface area contributed by atoms with Crippen LogP contribution in [0.15, 0.2) is 0 Å². The Morgan fingerprint density at radius 2 is 2.06 bits per heavy atom. The molecule has 3 N–H and O–H groups in total. The SMILES string of the molecule is CCCC1(C(=O)N2CC(O)C(O)C2)CCCN1. The van der Waals surface area contributed by atoms with Crippen molar-refractivity contribution in [3.8, 4) is 0 Å². The van der Waals surface area contributed by atoms with E-state index >= 15 is 0 Å². The Kier molecular flexibility index (Phi) is 3.70. The van der Waals surface area contributed by atoms with Gasteiger partial charge in [-0.05, 0) is 25.8 Å². The van der Waals surface area contributed by atoms with E-state index < -0.39 is 17.7 Å². The fourth-order valence-corrected chi connectivity index (χ4v) is 2.97. The van der Waals surface area contributed by atoms with Crippen molar-refractivity contribution in [3.63, 3.8) is 0 Å². The molecule has 0 spiro atoms. The van der Waals surface area contributed by atoms with Crippen LogP contribution in [0, 0.1) is 0 Å². The van der Waals surface area contributed by atoms with Gasteiger partial charge < -0.3 is 20.4 Å². The summed E-state index contributed by atoms with van der Waals surface area (Å²) in [6.45, 7) is 3.47. The second-order valence-corrected chi connectivity index (χ2v) is 5.21. The number of nitrogens with zero attached hydrogens (tertiary/aromatic N) is 1. The van der Waals surface area contributed by atoms with E-state index in [1.54, 1.807) is 4.90 Å². The van der Waals surface area contributed by atoms with Crippen LogP contribution in [0.3, 0.4) is 0 Å². The van der Waals surface area contributed by atoms with Gasteiger partial charge in [0, 0.05) is 13.1 Å². The Morgan fingerprint density at radius 1 is 1.41 bits per heavy atom. The zero-order chi connectivity index (χ0) is 12.5. The Labute approximate surface area is 102 Å². The number of hydrogen-bond donors (Lipinski definition) is 3. The summed E-state index contributed by atoms with van der Waals surface area (Å²) >= 11 is 0. The van der Waals surface area contributed by atoms with Crippen molar-refractivity contribution in [3.05, 3.63) is 0 Å². The summed E-state index contributed by atoms with van der Waals surface area (Å²) in [7, 11) is 0. The van der Waals surface area contributed by atoms with Gasteiger partial charge in [-0.1, -0.05) is 13.3 Å². The first-order valence-corrected chi connectivity index (χ1v) is 6.49. The van der Waals surface area contributed by atoms with Crippen LogP contribution in [-0.2, 0) is 4.79 Å². The van der Waals surface area contributed by atoms with Gasteiger partial charge in [0.05, 0.1) is 17.7 Å². The number of aliphatic hydroxyl groups excluding tert-OH is 2. The molecule has 2 fully saturated rings. The zero-order valence-electron chi connectivity index (χ0n) is 10.4. The van der Waals surface area contributed by atoms with Crippen LogP contribution in [0.5, 0.6) is 0 Å². The highest BCUT2D eigenvalue weighted by Gasteiger charge is 2.45. The third-order valence-electron chi connectivity index (χ3n) is 3.88. The van der Waals surface area contributed by atoms with Crippen LogP contribution >= 0.6 is 0 Å². The number of hydrogen-bond acceptors (Lipinski definition) is 4.